The summed E-state index contributed by atoms with van der Waals surface area (Å²) in [5.74, 6) is -0.661. The molecule has 1 amide bonds. The van der Waals surface area contributed by atoms with Crippen molar-refractivity contribution in [1.29, 1.82) is 0 Å². The third-order valence-electron chi connectivity index (χ3n) is 5.32. The molecule has 0 N–H and O–H groups in total. The first-order valence-corrected chi connectivity index (χ1v) is 12.1. The number of benzene rings is 2. The minimum atomic E-state index is -4.94. The standard InChI is InChI=1S/C21H22F3N4O6P/c1-25(2)20(29)14-3-6-16(7-4-14)33-18-13-15(5-8-17(18)28(30)31)19(21(22,23)24)34-35(32,26-9-10-26)27-11-12-27/h3-8,13,19H,9-12H2,1-2H3. The summed E-state index contributed by atoms with van der Waals surface area (Å²) in [5, 5.41) is 11.5. The number of hydrogen-bond donors (Lipinski definition) is 0. The molecule has 0 radical (unpaired) electrons. The monoisotopic (exact) mass is 514 g/mol. The average Bonchev–Trinajstić information content (AvgIpc) is 3.69. The van der Waals surface area contributed by atoms with Crippen LogP contribution in [-0.4, -0.2) is 71.5 Å². The minimum absolute atomic E-state index is 0.0730. The molecule has 2 aliphatic heterocycles. The number of carbonyl (C=O) groups is 1. The Morgan fingerprint density at radius 3 is 2.11 bits per heavy atom. The van der Waals surface area contributed by atoms with E-state index < -0.39 is 41.9 Å². The number of hydrogen-bond acceptors (Lipinski definition) is 6. The minimum Gasteiger partial charge on any atom is -0.450 e. The van der Waals surface area contributed by atoms with Crippen LogP contribution in [0.1, 0.15) is 22.0 Å². The second-order valence-corrected chi connectivity index (χ2v) is 10.6. The van der Waals surface area contributed by atoms with E-state index in [1.165, 1.54) is 38.5 Å². The lowest BCUT2D eigenvalue weighted by Crippen LogP contribution is -2.25. The third-order valence-corrected chi connectivity index (χ3v) is 8.04. The van der Waals surface area contributed by atoms with Crippen LogP contribution < -0.4 is 4.74 Å². The van der Waals surface area contributed by atoms with E-state index in [1.807, 2.05) is 0 Å². The summed E-state index contributed by atoms with van der Waals surface area (Å²) in [7, 11) is -0.720. The molecular formula is C21H22F3N4O6P. The quantitative estimate of drug-likeness (QED) is 0.209. The Morgan fingerprint density at radius 1 is 1.09 bits per heavy atom. The second kappa shape index (κ2) is 9.23. The molecule has 14 heteroatoms. The molecule has 2 aliphatic rings. The highest BCUT2D eigenvalue weighted by Gasteiger charge is 2.55. The zero-order chi connectivity index (χ0) is 25.5. The van der Waals surface area contributed by atoms with Gasteiger partial charge in [-0.2, -0.15) is 13.2 Å². The van der Waals surface area contributed by atoms with Gasteiger partial charge in [-0.15, -0.1) is 0 Å². The van der Waals surface area contributed by atoms with E-state index in [1.54, 1.807) is 14.1 Å². The normalized spacial score (nSPS) is 17.1. The SMILES string of the molecule is CN(C)C(=O)c1ccc(Oc2cc(C(OP(=O)(N3CC3)N3CC3)C(F)(F)F)ccc2[N+](=O)[O-])cc1. The Hall–Kier alpha value is -2.99. The first kappa shape index (κ1) is 25.1. The summed E-state index contributed by atoms with van der Waals surface area (Å²) in [6.07, 6.45) is -7.53. The maximum atomic E-state index is 14.0. The zero-order valence-corrected chi connectivity index (χ0v) is 19.7. The van der Waals surface area contributed by atoms with Gasteiger partial charge in [0.05, 0.1) is 4.92 Å². The van der Waals surface area contributed by atoms with Crippen LogP contribution in [0.4, 0.5) is 18.9 Å². The maximum Gasteiger partial charge on any atom is 0.419 e. The molecular weight excluding hydrogens is 492 g/mol. The molecule has 0 spiro atoms. The lowest BCUT2D eigenvalue weighted by molar-refractivity contribution is -0.385. The highest BCUT2D eigenvalue weighted by atomic mass is 31.2. The molecule has 2 saturated heterocycles. The number of nitrogens with zero attached hydrogens (tertiary/aromatic N) is 4. The van der Waals surface area contributed by atoms with E-state index in [9.17, 15) is 32.6 Å². The van der Waals surface area contributed by atoms with Crippen molar-refractivity contribution < 1.29 is 36.7 Å². The van der Waals surface area contributed by atoms with Crippen LogP contribution in [0.5, 0.6) is 11.5 Å². The number of amides is 1. The van der Waals surface area contributed by atoms with Crippen molar-refractivity contribution in [2.45, 2.75) is 12.3 Å². The van der Waals surface area contributed by atoms with Gasteiger partial charge < -0.3 is 9.64 Å². The molecule has 2 heterocycles. The van der Waals surface area contributed by atoms with Crippen LogP contribution in [0, 0.1) is 10.1 Å². The van der Waals surface area contributed by atoms with E-state index in [0.717, 1.165) is 18.2 Å². The number of halogens is 3. The second-order valence-electron chi connectivity index (χ2n) is 8.24. The van der Waals surface area contributed by atoms with E-state index in [4.69, 9.17) is 9.26 Å². The molecule has 2 fully saturated rings. The van der Waals surface area contributed by atoms with Gasteiger partial charge in [-0.1, -0.05) is 0 Å². The van der Waals surface area contributed by atoms with Gasteiger partial charge in [0.2, 0.25) is 5.75 Å². The van der Waals surface area contributed by atoms with Gasteiger partial charge in [-0.3, -0.25) is 24.0 Å². The number of nitro groups is 1. The van der Waals surface area contributed by atoms with Crippen LogP contribution in [0.3, 0.4) is 0 Å². The smallest absolute Gasteiger partial charge is 0.419 e. The molecule has 0 aromatic heterocycles. The molecule has 188 valence electrons. The number of rotatable bonds is 9. The van der Waals surface area contributed by atoms with Crippen molar-refractivity contribution >= 4 is 19.3 Å². The maximum absolute atomic E-state index is 14.0. The number of alkyl halides is 3. The van der Waals surface area contributed by atoms with Gasteiger partial charge in [0, 0.05) is 51.9 Å². The van der Waals surface area contributed by atoms with Crippen molar-refractivity contribution in [3.8, 4) is 11.5 Å². The fourth-order valence-corrected chi connectivity index (χ4v) is 5.66. The summed E-state index contributed by atoms with van der Waals surface area (Å²) in [6, 6.07) is 8.27. The van der Waals surface area contributed by atoms with Gasteiger partial charge in [0.1, 0.15) is 5.75 Å². The van der Waals surface area contributed by atoms with Crippen molar-refractivity contribution in [3.63, 3.8) is 0 Å². The molecule has 0 saturated carbocycles. The summed E-state index contributed by atoms with van der Waals surface area (Å²) >= 11 is 0. The van der Waals surface area contributed by atoms with Gasteiger partial charge >= 0.3 is 19.5 Å². The highest BCUT2D eigenvalue weighted by molar-refractivity contribution is 7.54. The van der Waals surface area contributed by atoms with Crippen LogP contribution in [-0.2, 0) is 9.09 Å². The molecule has 1 atom stereocenters. The van der Waals surface area contributed by atoms with E-state index >= 15 is 0 Å². The number of carbonyl (C=O) groups excluding carboxylic acids is 1. The Kier molecular flexibility index (Phi) is 6.62. The number of ether oxygens (including phenoxy) is 1. The largest absolute Gasteiger partial charge is 0.450 e. The van der Waals surface area contributed by atoms with Crippen molar-refractivity contribution in [2.75, 3.05) is 40.3 Å². The van der Waals surface area contributed by atoms with E-state index in [2.05, 4.69) is 0 Å². The van der Waals surface area contributed by atoms with E-state index in [0.29, 0.717) is 31.7 Å². The summed E-state index contributed by atoms with van der Waals surface area (Å²) < 4.78 is 68.7. The van der Waals surface area contributed by atoms with Gasteiger partial charge in [-0.25, -0.2) is 9.34 Å². The molecule has 4 rings (SSSR count). The fourth-order valence-electron chi connectivity index (χ4n) is 3.33. The summed E-state index contributed by atoms with van der Waals surface area (Å²) in [6.45, 7) is 1.44. The summed E-state index contributed by atoms with van der Waals surface area (Å²) in [5.41, 5.74) is -0.721. The van der Waals surface area contributed by atoms with Crippen LogP contribution >= 0.6 is 7.67 Å². The number of nitro benzene ring substituents is 1. The Labute approximate surface area is 198 Å². The molecule has 0 aliphatic carbocycles. The topological polar surface area (TPSA) is 105 Å². The van der Waals surface area contributed by atoms with Crippen molar-refractivity contribution in [2.24, 2.45) is 0 Å². The Morgan fingerprint density at radius 2 is 1.66 bits per heavy atom. The molecule has 2 aromatic carbocycles. The summed E-state index contributed by atoms with van der Waals surface area (Å²) in [4.78, 5) is 24.1. The third kappa shape index (κ3) is 5.48. The van der Waals surface area contributed by atoms with Crippen LogP contribution in [0.25, 0.3) is 0 Å². The van der Waals surface area contributed by atoms with Crippen LogP contribution in [0.15, 0.2) is 42.5 Å². The zero-order valence-electron chi connectivity index (χ0n) is 18.8. The predicted molar refractivity (Wildman–Crippen MR) is 118 cm³/mol. The first-order chi connectivity index (χ1) is 16.4. The van der Waals surface area contributed by atoms with Gasteiger partial charge in [-0.05, 0) is 42.0 Å². The Balaban J connectivity index is 1.66. The molecule has 2 aromatic rings. The van der Waals surface area contributed by atoms with Crippen molar-refractivity contribution in [3.05, 3.63) is 63.7 Å². The molecule has 35 heavy (non-hydrogen) atoms. The predicted octanol–water partition coefficient (Wildman–Crippen LogP) is 4.45. The first-order valence-electron chi connectivity index (χ1n) is 10.5. The lowest BCUT2D eigenvalue weighted by atomic mass is 10.1. The average molecular weight is 514 g/mol. The van der Waals surface area contributed by atoms with E-state index in [-0.39, 0.29) is 11.7 Å². The van der Waals surface area contributed by atoms with Gasteiger partial charge in [0.25, 0.3) is 5.91 Å². The van der Waals surface area contributed by atoms with Gasteiger partial charge in [0.15, 0.2) is 6.10 Å². The highest BCUT2D eigenvalue weighted by Crippen LogP contribution is 2.64. The fraction of sp³-hybridized carbons (Fsp3) is 0.381. The molecule has 0 bridgehead atoms. The van der Waals surface area contributed by atoms with Crippen molar-refractivity contribution in [1.82, 2.24) is 14.2 Å². The Bertz CT molecular complexity index is 1170. The molecule has 1 unspecified atom stereocenters. The molecule has 10 nitrogen and oxygen atoms in total. The lowest BCUT2D eigenvalue weighted by Gasteiger charge is -2.28. The van der Waals surface area contributed by atoms with Crippen LogP contribution in [0.2, 0.25) is 0 Å².